The maximum absolute atomic E-state index is 13.3. The quantitative estimate of drug-likeness (QED) is 0.654. The number of aliphatic hydroxyl groups excluding tert-OH is 1. The van der Waals surface area contributed by atoms with Gasteiger partial charge in [-0.15, -0.1) is 0 Å². The Morgan fingerprint density at radius 2 is 1.96 bits per heavy atom. The maximum atomic E-state index is 13.3. The Balaban J connectivity index is 1.70. The number of rotatable bonds is 4. The Morgan fingerprint density at radius 3 is 2.75 bits per heavy atom. The fourth-order valence-electron chi connectivity index (χ4n) is 3.12. The van der Waals surface area contributed by atoms with Crippen LogP contribution in [0.2, 0.25) is 0 Å². The topological polar surface area (TPSA) is 59.4 Å². The molecule has 1 N–H and O–H groups in total. The molecule has 142 valence electrons. The first kappa shape index (κ1) is 18.7. The molecule has 0 bridgehead atoms. The highest BCUT2D eigenvalue weighted by atomic mass is 32.2. The van der Waals surface area contributed by atoms with Gasteiger partial charge in [0.1, 0.15) is 11.9 Å². The first-order chi connectivity index (χ1) is 13.6. The lowest BCUT2D eigenvalue weighted by Gasteiger charge is -2.23. The number of cyclic esters (lactones) is 1. The SMILES string of the molecule is O=C1C[C@H](O)C[C@@H](/C=C/c2cnc3ccccc3c2Sc2ccc(F)cc2)O1. The number of halogens is 1. The van der Waals surface area contributed by atoms with E-state index in [4.69, 9.17) is 4.74 Å². The van der Waals surface area contributed by atoms with Gasteiger partial charge in [0.25, 0.3) is 0 Å². The number of carbonyl (C=O) groups excluding carboxylic acids is 1. The summed E-state index contributed by atoms with van der Waals surface area (Å²) in [5, 5.41) is 10.8. The molecule has 0 aliphatic carbocycles. The van der Waals surface area contributed by atoms with E-state index in [-0.39, 0.29) is 12.2 Å². The lowest BCUT2D eigenvalue weighted by molar-refractivity contribution is -0.156. The van der Waals surface area contributed by atoms with Crippen molar-refractivity contribution in [2.24, 2.45) is 0 Å². The van der Waals surface area contributed by atoms with E-state index < -0.39 is 18.2 Å². The molecule has 0 unspecified atom stereocenters. The monoisotopic (exact) mass is 395 g/mol. The number of fused-ring (bicyclic) bond motifs is 1. The smallest absolute Gasteiger partial charge is 0.309 e. The van der Waals surface area contributed by atoms with E-state index in [0.29, 0.717) is 6.42 Å². The van der Waals surface area contributed by atoms with Gasteiger partial charge in [-0.25, -0.2) is 4.39 Å². The number of para-hydroxylation sites is 1. The Bertz CT molecular complexity index is 1040. The number of carbonyl (C=O) groups is 1. The van der Waals surface area contributed by atoms with E-state index in [2.05, 4.69) is 4.98 Å². The maximum Gasteiger partial charge on any atom is 0.309 e. The molecule has 1 aromatic heterocycles. The standard InChI is InChI=1S/C22H18FNO3S/c23-15-6-9-18(10-7-15)28-22-14(13-24-20-4-2-1-3-19(20)22)5-8-17-11-16(25)12-21(26)27-17/h1-10,13,16-17,25H,11-12H2/b8-5+/t16-,17-/m1/s1. The first-order valence-corrected chi connectivity index (χ1v) is 9.77. The van der Waals surface area contributed by atoms with Crippen molar-refractivity contribution in [1.29, 1.82) is 0 Å². The van der Waals surface area contributed by atoms with Gasteiger partial charge >= 0.3 is 5.97 Å². The molecule has 0 radical (unpaired) electrons. The molecule has 2 atom stereocenters. The number of nitrogens with zero attached hydrogens (tertiary/aromatic N) is 1. The number of pyridine rings is 1. The average molecular weight is 395 g/mol. The summed E-state index contributed by atoms with van der Waals surface area (Å²) in [6.45, 7) is 0. The molecule has 1 aliphatic heterocycles. The predicted molar refractivity (Wildman–Crippen MR) is 106 cm³/mol. The molecule has 1 saturated heterocycles. The fourth-order valence-corrected chi connectivity index (χ4v) is 4.15. The van der Waals surface area contributed by atoms with Crippen LogP contribution in [-0.4, -0.2) is 28.3 Å². The Morgan fingerprint density at radius 1 is 1.18 bits per heavy atom. The highest BCUT2D eigenvalue weighted by Gasteiger charge is 2.25. The Labute approximate surface area is 166 Å². The number of hydrogen-bond donors (Lipinski definition) is 1. The first-order valence-electron chi connectivity index (χ1n) is 8.95. The highest BCUT2D eigenvalue weighted by molar-refractivity contribution is 7.99. The van der Waals surface area contributed by atoms with E-state index in [9.17, 15) is 14.3 Å². The summed E-state index contributed by atoms with van der Waals surface area (Å²) >= 11 is 1.53. The molecule has 2 heterocycles. The molecule has 1 aliphatic rings. The van der Waals surface area contributed by atoms with Crippen molar-refractivity contribution in [3.8, 4) is 0 Å². The van der Waals surface area contributed by atoms with Gasteiger partial charge in [-0.1, -0.05) is 36.0 Å². The van der Waals surface area contributed by atoms with Crippen LogP contribution in [0.4, 0.5) is 4.39 Å². The lowest BCUT2D eigenvalue weighted by Crippen LogP contribution is -2.31. The summed E-state index contributed by atoms with van der Waals surface area (Å²) in [6, 6.07) is 14.2. The second-order valence-electron chi connectivity index (χ2n) is 6.60. The normalized spacial score (nSPS) is 19.9. The van der Waals surface area contributed by atoms with Gasteiger partial charge in [0, 0.05) is 33.4 Å². The second-order valence-corrected chi connectivity index (χ2v) is 7.68. The molecule has 4 rings (SSSR count). The molecule has 0 saturated carbocycles. The predicted octanol–water partition coefficient (Wildman–Crippen LogP) is 4.60. The van der Waals surface area contributed by atoms with Crippen molar-refractivity contribution in [2.45, 2.75) is 34.8 Å². The van der Waals surface area contributed by atoms with Gasteiger partial charge in [-0.3, -0.25) is 9.78 Å². The molecular formula is C22H18FNO3S. The van der Waals surface area contributed by atoms with Crippen LogP contribution in [0.1, 0.15) is 18.4 Å². The van der Waals surface area contributed by atoms with Crippen LogP contribution in [0.3, 0.4) is 0 Å². The zero-order valence-corrected chi connectivity index (χ0v) is 15.7. The minimum absolute atomic E-state index is 0.0353. The summed E-state index contributed by atoms with van der Waals surface area (Å²) in [6.07, 6.45) is 4.68. The summed E-state index contributed by atoms with van der Waals surface area (Å²) in [4.78, 5) is 17.9. The van der Waals surface area contributed by atoms with E-state index in [1.54, 1.807) is 24.4 Å². The van der Waals surface area contributed by atoms with E-state index in [1.165, 1.54) is 23.9 Å². The van der Waals surface area contributed by atoms with Crippen LogP contribution in [-0.2, 0) is 9.53 Å². The largest absolute Gasteiger partial charge is 0.458 e. The average Bonchev–Trinajstić information content (AvgIpc) is 2.68. The van der Waals surface area contributed by atoms with Crippen molar-refractivity contribution in [3.05, 3.63) is 72.2 Å². The van der Waals surface area contributed by atoms with Crippen molar-refractivity contribution >= 4 is 34.7 Å². The third-order valence-corrected chi connectivity index (χ3v) is 5.63. The van der Waals surface area contributed by atoms with Gasteiger partial charge in [0.05, 0.1) is 18.0 Å². The van der Waals surface area contributed by atoms with Crippen molar-refractivity contribution in [2.75, 3.05) is 0 Å². The Kier molecular flexibility index (Phi) is 5.41. The van der Waals surface area contributed by atoms with Crippen LogP contribution in [0.25, 0.3) is 17.0 Å². The molecule has 4 nitrogen and oxygen atoms in total. The second kappa shape index (κ2) is 8.12. The van der Waals surface area contributed by atoms with Gasteiger partial charge < -0.3 is 9.84 Å². The molecule has 0 spiro atoms. The summed E-state index contributed by atoms with van der Waals surface area (Å²) in [5.74, 6) is -0.673. The third-order valence-electron chi connectivity index (χ3n) is 4.47. The van der Waals surface area contributed by atoms with Crippen LogP contribution in [0, 0.1) is 5.82 Å². The van der Waals surface area contributed by atoms with E-state index in [1.807, 2.05) is 30.3 Å². The van der Waals surface area contributed by atoms with Crippen LogP contribution < -0.4 is 0 Å². The molecule has 6 heteroatoms. The summed E-state index contributed by atoms with van der Waals surface area (Å²) in [7, 11) is 0. The molecule has 3 aromatic rings. The fraction of sp³-hybridized carbons (Fsp3) is 0.182. The molecule has 2 aromatic carbocycles. The summed E-state index contributed by atoms with van der Waals surface area (Å²) < 4.78 is 18.5. The van der Waals surface area contributed by atoms with Crippen LogP contribution in [0.5, 0.6) is 0 Å². The van der Waals surface area contributed by atoms with E-state index in [0.717, 1.165) is 26.3 Å². The van der Waals surface area contributed by atoms with Gasteiger partial charge in [-0.2, -0.15) is 0 Å². The van der Waals surface area contributed by atoms with Gasteiger partial charge in [0.2, 0.25) is 0 Å². The van der Waals surface area contributed by atoms with E-state index >= 15 is 0 Å². The van der Waals surface area contributed by atoms with Gasteiger partial charge in [0.15, 0.2) is 0 Å². The third kappa shape index (κ3) is 4.24. The lowest BCUT2D eigenvalue weighted by atomic mass is 10.0. The number of ether oxygens (including phenoxy) is 1. The van der Waals surface area contributed by atoms with Crippen LogP contribution >= 0.6 is 11.8 Å². The highest BCUT2D eigenvalue weighted by Crippen LogP contribution is 2.36. The minimum atomic E-state index is -0.682. The van der Waals surface area contributed by atoms with Gasteiger partial charge in [-0.05, 0) is 36.4 Å². The number of aromatic nitrogens is 1. The van der Waals surface area contributed by atoms with Crippen molar-refractivity contribution in [1.82, 2.24) is 4.98 Å². The number of benzene rings is 2. The Hall–Kier alpha value is -2.70. The van der Waals surface area contributed by atoms with Crippen molar-refractivity contribution < 1.29 is 19.0 Å². The zero-order chi connectivity index (χ0) is 19.5. The minimum Gasteiger partial charge on any atom is -0.458 e. The number of esters is 1. The molecule has 1 fully saturated rings. The molecule has 0 amide bonds. The summed E-state index contributed by atoms with van der Waals surface area (Å²) in [5.41, 5.74) is 1.73. The number of aliphatic hydroxyl groups is 1. The molecular weight excluding hydrogens is 377 g/mol. The molecule has 28 heavy (non-hydrogen) atoms. The number of hydrogen-bond acceptors (Lipinski definition) is 5. The zero-order valence-electron chi connectivity index (χ0n) is 14.9. The van der Waals surface area contributed by atoms with Crippen LogP contribution in [0.15, 0.2) is 70.6 Å². The van der Waals surface area contributed by atoms with Crippen molar-refractivity contribution in [3.63, 3.8) is 0 Å².